The van der Waals surface area contributed by atoms with E-state index in [9.17, 15) is 8.42 Å². The number of methoxy groups -OCH3 is 2. The highest BCUT2D eigenvalue weighted by atomic mass is 32.2. The first-order chi connectivity index (χ1) is 9.89. The summed E-state index contributed by atoms with van der Waals surface area (Å²) in [6, 6.07) is 5.09. The summed E-state index contributed by atoms with van der Waals surface area (Å²) in [7, 11) is -0.384. The zero-order valence-corrected chi connectivity index (χ0v) is 13.0. The fourth-order valence-electron chi connectivity index (χ4n) is 1.48. The first kappa shape index (κ1) is 16.8. The molecule has 0 heterocycles. The van der Waals surface area contributed by atoms with Crippen molar-refractivity contribution in [2.45, 2.75) is 0 Å². The van der Waals surface area contributed by atoms with Crippen LogP contribution in [0, 0.1) is 0 Å². The normalized spacial score (nSPS) is 11.7. The Labute approximate surface area is 124 Å². The minimum absolute atomic E-state index is 0.101. The molecular weight excluding hydrogens is 294 g/mol. The Morgan fingerprint density at radius 2 is 2.00 bits per heavy atom. The Morgan fingerprint density at radius 3 is 2.52 bits per heavy atom. The third-order valence-corrected chi connectivity index (χ3v) is 2.87. The van der Waals surface area contributed by atoms with Gasteiger partial charge in [-0.1, -0.05) is 6.08 Å². The van der Waals surface area contributed by atoms with E-state index >= 15 is 0 Å². The summed E-state index contributed by atoms with van der Waals surface area (Å²) in [6.45, 7) is 3.81. The first-order valence-electron chi connectivity index (χ1n) is 6.01. The Bertz CT molecular complexity index is 626. The van der Waals surface area contributed by atoms with Gasteiger partial charge < -0.3 is 14.8 Å². The van der Waals surface area contributed by atoms with E-state index in [1.54, 1.807) is 24.3 Å². The van der Waals surface area contributed by atoms with Crippen LogP contribution in [0.4, 0.5) is 5.69 Å². The fraction of sp³-hybridized carbons (Fsp3) is 0.308. The summed E-state index contributed by atoms with van der Waals surface area (Å²) in [4.78, 5) is 4.05. The molecule has 0 saturated carbocycles. The number of anilines is 1. The first-order valence-corrected chi connectivity index (χ1v) is 7.91. The molecule has 1 aromatic carbocycles. The third kappa shape index (κ3) is 5.74. The van der Waals surface area contributed by atoms with E-state index in [0.717, 1.165) is 6.26 Å². The van der Waals surface area contributed by atoms with Gasteiger partial charge in [0.15, 0.2) is 11.5 Å². The number of benzene rings is 1. The molecule has 8 heteroatoms. The molecule has 0 amide bonds. The smallest absolute Gasteiger partial charge is 0.232 e. The Hall–Kier alpha value is -2.22. The van der Waals surface area contributed by atoms with Gasteiger partial charge in [-0.2, -0.15) is 0 Å². The number of aliphatic imine (C=N–C) groups is 1. The van der Waals surface area contributed by atoms with Crippen LogP contribution in [-0.2, 0) is 10.0 Å². The molecule has 0 aliphatic carbocycles. The number of guanidine groups is 1. The SMILES string of the molecule is C=CCN=C(Nc1ccc(OC)c(OC)c1)NS(C)(=O)=O. The molecule has 1 aromatic rings. The molecule has 2 N–H and O–H groups in total. The van der Waals surface area contributed by atoms with Crippen LogP contribution in [0.2, 0.25) is 0 Å². The van der Waals surface area contributed by atoms with Gasteiger partial charge in [-0.05, 0) is 12.1 Å². The zero-order valence-electron chi connectivity index (χ0n) is 12.2. The average molecular weight is 313 g/mol. The monoisotopic (exact) mass is 313 g/mol. The number of nitrogens with one attached hydrogen (secondary N) is 2. The van der Waals surface area contributed by atoms with Gasteiger partial charge in [0.05, 0.1) is 27.0 Å². The maximum absolute atomic E-state index is 11.3. The van der Waals surface area contributed by atoms with Crippen molar-refractivity contribution < 1.29 is 17.9 Å². The van der Waals surface area contributed by atoms with Crippen molar-refractivity contribution in [3.63, 3.8) is 0 Å². The van der Waals surface area contributed by atoms with Crippen LogP contribution in [0.1, 0.15) is 0 Å². The second-order valence-electron chi connectivity index (χ2n) is 4.05. The molecule has 0 aliphatic rings. The molecule has 0 saturated heterocycles. The maximum Gasteiger partial charge on any atom is 0.232 e. The fourth-order valence-corrected chi connectivity index (χ4v) is 1.95. The maximum atomic E-state index is 11.3. The molecule has 0 aliphatic heterocycles. The van der Waals surface area contributed by atoms with Gasteiger partial charge in [0.25, 0.3) is 0 Å². The van der Waals surface area contributed by atoms with Crippen LogP contribution in [-0.4, -0.2) is 41.4 Å². The highest BCUT2D eigenvalue weighted by Crippen LogP contribution is 2.29. The molecule has 0 spiro atoms. The molecule has 0 unspecified atom stereocenters. The molecule has 0 aromatic heterocycles. The molecule has 1 rings (SSSR count). The van der Waals surface area contributed by atoms with Crippen LogP contribution in [0.3, 0.4) is 0 Å². The highest BCUT2D eigenvalue weighted by Gasteiger charge is 2.09. The molecule has 116 valence electrons. The van der Waals surface area contributed by atoms with Crippen molar-refractivity contribution >= 4 is 21.7 Å². The second kappa shape index (κ2) is 7.53. The topological polar surface area (TPSA) is 89.0 Å². The van der Waals surface area contributed by atoms with Gasteiger partial charge in [-0.15, -0.1) is 6.58 Å². The Morgan fingerprint density at radius 1 is 1.33 bits per heavy atom. The van der Waals surface area contributed by atoms with Crippen molar-refractivity contribution in [2.24, 2.45) is 4.99 Å². The summed E-state index contributed by atoms with van der Waals surface area (Å²) in [5, 5.41) is 2.87. The van der Waals surface area contributed by atoms with E-state index in [-0.39, 0.29) is 12.5 Å². The van der Waals surface area contributed by atoms with Crippen LogP contribution < -0.4 is 19.5 Å². The largest absolute Gasteiger partial charge is 0.493 e. The molecule has 7 nitrogen and oxygen atoms in total. The van der Waals surface area contributed by atoms with Crippen molar-refractivity contribution in [3.8, 4) is 11.5 Å². The van der Waals surface area contributed by atoms with Crippen molar-refractivity contribution in [3.05, 3.63) is 30.9 Å². The van der Waals surface area contributed by atoms with E-state index in [4.69, 9.17) is 9.47 Å². The molecule has 0 radical (unpaired) electrons. The minimum atomic E-state index is -3.44. The number of ether oxygens (including phenoxy) is 2. The summed E-state index contributed by atoms with van der Waals surface area (Å²) >= 11 is 0. The predicted molar refractivity (Wildman–Crippen MR) is 83.6 cm³/mol. The minimum Gasteiger partial charge on any atom is -0.493 e. The number of rotatable bonds is 6. The van der Waals surface area contributed by atoms with E-state index in [0.29, 0.717) is 17.2 Å². The van der Waals surface area contributed by atoms with Crippen LogP contribution >= 0.6 is 0 Å². The molecule has 0 atom stereocenters. The van der Waals surface area contributed by atoms with Crippen LogP contribution in [0.5, 0.6) is 11.5 Å². The van der Waals surface area contributed by atoms with E-state index in [2.05, 4.69) is 21.6 Å². The van der Waals surface area contributed by atoms with Gasteiger partial charge >= 0.3 is 0 Å². The van der Waals surface area contributed by atoms with Crippen LogP contribution in [0.15, 0.2) is 35.8 Å². The standard InChI is InChI=1S/C13H19N3O4S/c1-5-8-14-13(16-21(4,17)18)15-10-6-7-11(19-2)12(9-10)20-3/h5-7,9H,1,8H2,2-4H3,(H2,14,15,16). The van der Waals surface area contributed by atoms with Crippen molar-refractivity contribution in [1.82, 2.24) is 4.72 Å². The lowest BCUT2D eigenvalue weighted by Crippen LogP contribution is -2.35. The third-order valence-electron chi connectivity index (χ3n) is 2.31. The molecule has 0 fully saturated rings. The number of hydrogen-bond donors (Lipinski definition) is 2. The lowest BCUT2D eigenvalue weighted by Gasteiger charge is -2.13. The second-order valence-corrected chi connectivity index (χ2v) is 5.80. The number of sulfonamides is 1. The Balaban J connectivity index is 3.00. The summed E-state index contributed by atoms with van der Waals surface area (Å²) < 4.78 is 35.2. The van der Waals surface area contributed by atoms with E-state index in [1.807, 2.05) is 0 Å². The summed E-state index contributed by atoms with van der Waals surface area (Å²) in [5.41, 5.74) is 0.603. The average Bonchev–Trinajstić information content (AvgIpc) is 2.43. The highest BCUT2D eigenvalue weighted by molar-refractivity contribution is 7.89. The van der Waals surface area contributed by atoms with Gasteiger partial charge in [-0.25, -0.2) is 13.4 Å². The predicted octanol–water partition coefficient (Wildman–Crippen LogP) is 1.21. The quantitative estimate of drug-likeness (QED) is 0.468. The summed E-state index contributed by atoms with van der Waals surface area (Å²) in [6.07, 6.45) is 2.60. The number of hydrogen-bond acceptors (Lipinski definition) is 5. The van der Waals surface area contributed by atoms with E-state index in [1.165, 1.54) is 14.2 Å². The molecular formula is C13H19N3O4S. The van der Waals surface area contributed by atoms with Crippen molar-refractivity contribution in [2.75, 3.05) is 32.3 Å². The van der Waals surface area contributed by atoms with Gasteiger partial charge in [0, 0.05) is 11.8 Å². The zero-order chi connectivity index (χ0) is 15.9. The van der Waals surface area contributed by atoms with Crippen molar-refractivity contribution in [1.29, 1.82) is 0 Å². The van der Waals surface area contributed by atoms with Crippen LogP contribution in [0.25, 0.3) is 0 Å². The lowest BCUT2D eigenvalue weighted by atomic mass is 10.3. The summed E-state index contributed by atoms with van der Waals surface area (Å²) in [5.74, 6) is 1.19. The molecule has 21 heavy (non-hydrogen) atoms. The van der Waals surface area contributed by atoms with Gasteiger partial charge in [-0.3, -0.25) is 4.72 Å². The van der Waals surface area contributed by atoms with E-state index < -0.39 is 10.0 Å². The van der Waals surface area contributed by atoms with Gasteiger partial charge in [0.1, 0.15) is 0 Å². The lowest BCUT2D eigenvalue weighted by molar-refractivity contribution is 0.355. The Kier molecular flexibility index (Phi) is 6.04. The number of nitrogens with zero attached hydrogens (tertiary/aromatic N) is 1. The van der Waals surface area contributed by atoms with Gasteiger partial charge in [0.2, 0.25) is 16.0 Å². The molecule has 0 bridgehead atoms.